The lowest BCUT2D eigenvalue weighted by molar-refractivity contribution is -0.138. The lowest BCUT2D eigenvalue weighted by Crippen LogP contribution is -2.60. The lowest BCUT2D eigenvalue weighted by atomic mass is 9.81. The molecule has 0 spiro atoms. The molecule has 6 heteroatoms. The average molecular weight is 313 g/mol. The van der Waals surface area contributed by atoms with Crippen LogP contribution in [0.2, 0.25) is 0 Å². The summed E-state index contributed by atoms with van der Waals surface area (Å²) in [5.74, 6) is 0.909. The molecular weight excluding hydrogens is 290 g/mol. The van der Waals surface area contributed by atoms with E-state index in [-0.39, 0.29) is 5.91 Å². The highest BCUT2D eigenvalue weighted by Crippen LogP contribution is 2.28. The van der Waals surface area contributed by atoms with Crippen molar-refractivity contribution in [1.29, 1.82) is 5.26 Å². The number of hydrogen-bond acceptors (Lipinski definition) is 5. The molecule has 0 atom stereocenters. The quantitative estimate of drug-likeness (QED) is 0.888. The van der Waals surface area contributed by atoms with Gasteiger partial charge >= 0.3 is 0 Å². The molecule has 0 aromatic carbocycles. The van der Waals surface area contributed by atoms with Crippen LogP contribution in [0, 0.1) is 11.3 Å². The van der Waals surface area contributed by atoms with E-state index in [2.05, 4.69) is 16.0 Å². The molecule has 2 fully saturated rings. The smallest absolute Gasteiger partial charge is 0.242 e. The van der Waals surface area contributed by atoms with Crippen molar-refractivity contribution in [3.63, 3.8) is 0 Å². The van der Waals surface area contributed by atoms with Gasteiger partial charge in [0.05, 0.1) is 17.2 Å². The first-order valence-corrected chi connectivity index (χ1v) is 8.32. The van der Waals surface area contributed by atoms with Crippen molar-refractivity contribution in [2.45, 2.75) is 37.6 Å². The fraction of sp³-hybridized carbons (Fsp3) is 0.588. The Morgan fingerprint density at radius 1 is 1.22 bits per heavy atom. The molecule has 6 nitrogen and oxygen atoms in total. The lowest BCUT2D eigenvalue weighted by Gasteiger charge is -2.41. The minimum Gasteiger partial charge on any atom is -0.353 e. The molecule has 1 aromatic heterocycles. The number of pyridine rings is 1. The maximum Gasteiger partial charge on any atom is 0.242 e. The van der Waals surface area contributed by atoms with Crippen LogP contribution in [0.4, 0.5) is 5.82 Å². The number of amides is 1. The van der Waals surface area contributed by atoms with Gasteiger partial charge in [-0.3, -0.25) is 4.79 Å². The van der Waals surface area contributed by atoms with Crippen molar-refractivity contribution in [2.75, 3.05) is 31.1 Å². The van der Waals surface area contributed by atoms with Crippen LogP contribution in [0.25, 0.3) is 0 Å². The standard InChI is InChI=1S/C17H23N5O/c18-13-14-4-7-20-15(12-14)21-8-10-22(11-9-21)16(23)17(19)5-2-1-3-6-17/h4,7,12H,1-3,5-6,8-11,19H2. The molecule has 1 aliphatic carbocycles. The Labute approximate surface area is 136 Å². The van der Waals surface area contributed by atoms with E-state index in [0.29, 0.717) is 18.7 Å². The molecule has 2 heterocycles. The third kappa shape index (κ3) is 3.30. The maximum atomic E-state index is 12.7. The summed E-state index contributed by atoms with van der Waals surface area (Å²) in [5, 5.41) is 8.98. The molecule has 23 heavy (non-hydrogen) atoms. The van der Waals surface area contributed by atoms with Crippen LogP contribution in [-0.2, 0) is 4.79 Å². The highest BCUT2D eigenvalue weighted by Gasteiger charge is 2.39. The number of nitrogens with two attached hydrogens (primary N) is 1. The summed E-state index contributed by atoms with van der Waals surface area (Å²) in [5.41, 5.74) is 6.32. The van der Waals surface area contributed by atoms with Gasteiger partial charge in [-0.05, 0) is 25.0 Å². The molecule has 2 N–H and O–H groups in total. The zero-order chi connectivity index (χ0) is 16.3. The molecular formula is C17H23N5O. The van der Waals surface area contributed by atoms with E-state index in [0.717, 1.165) is 44.6 Å². The van der Waals surface area contributed by atoms with Crippen molar-refractivity contribution >= 4 is 11.7 Å². The molecule has 0 unspecified atom stereocenters. The molecule has 1 saturated carbocycles. The predicted octanol–water partition coefficient (Wildman–Crippen LogP) is 1.26. The molecule has 1 aliphatic heterocycles. The van der Waals surface area contributed by atoms with Crippen molar-refractivity contribution in [2.24, 2.45) is 5.73 Å². The van der Waals surface area contributed by atoms with Crippen molar-refractivity contribution < 1.29 is 4.79 Å². The van der Waals surface area contributed by atoms with E-state index >= 15 is 0 Å². The van der Waals surface area contributed by atoms with E-state index in [1.165, 1.54) is 6.42 Å². The van der Waals surface area contributed by atoms with Crippen molar-refractivity contribution in [3.8, 4) is 6.07 Å². The molecule has 1 aromatic rings. The Morgan fingerprint density at radius 2 is 1.91 bits per heavy atom. The number of piperazine rings is 1. The summed E-state index contributed by atoms with van der Waals surface area (Å²) >= 11 is 0. The molecule has 122 valence electrons. The molecule has 3 rings (SSSR count). The van der Waals surface area contributed by atoms with E-state index in [4.69, 9.17) is 11.0 Å². The monoisotopic (exact) mass is 313 g/mol. The second-order valence-corrected chi connectivity index (χ2v) is 6.51. The molecule has 1 amide bonds. The average Bonchev–Trinajstić information content (AvgIpc) is 2.62. The van der Waals surface area contributed by atoms with E-state index in [1.54, 1.807) is 18.3 Å². The van der Waals surface area contributed by atoms with Crippen LogP contribution in [-0.4, -0.2) is 47.5 Å². The normalized spacial score (nSPS) is 20.9. The van der Waals surface area contributed by atoms with E-state index < -0.39 is 5.54 Å². The molecule has 0 bridgehead atoms. The zero-order valence-corrected chi connectivity index (χ0v) is 13.4. The first-order valence-electron chi connectivity index (χ1n) is 8.32. The summed E-state index contributed by atoms with van der Waals surface area (Å²) in [6.07, 6.45) is 6.54. The first kappa shape index (κ1) is 15.8. The second kappa shape index (κ2) is 6.55. The Morgan fingerprint density at radius 3 is 2.57 bits per heavy atom. The van der Waals surface area contributed by atoms with Crippen LogP contribution in [0.5, 0.6) is 0 Å². The van der Waals surface area contributed by atoms with Gasteiger partial charge in [-0.1, -0.05) is 19.3 Å². The fourth-order valence-electron chi connectivity index (χ4n) is 3.51. The SMILES string of the molecule is N#Cc1ccnc(N2CCN(C(=O)C3(N)CCCCC3)CC2)c1. The highest BCUT2D eigenvalue weighted by atomic mass is 16.2. The van der Waals surface area contributed by atoms with Crippen LogP contribution in [0.1, 0.15) is 37.7 Å². The second-order valence-electron chi connectivity index (χ2n) is 6.51. The summed E-state index contributed by atoms with van der Waals surface area (Å²) in [4.78, 5) is 21.1. The fourth-order valence-corrected chi connectivity index (χ4v) is 3.51. The Balaban J connectivity index is 1.62. The number of nitriles is 1. The van der Waals surface area contributed by atoms with Gasteiger partial charge in [0.25, 0.3) is 0 Å². The first-order chi connectivity index (χ1) is 11.1. The largest absolute Gasteiger partial charge is 0.353 e. The van der Waals surface area contributed by atoms with Gasteiger partial charge in [-0.2, -0.15) is 5.26 Å². The third-order valence-electron chi connectivity index (χ3n) is 4.94. The van der Waals surface area contributed by atoms with Gasteiger partial charge in [0.15, 0.2) is 0 Å². The number of carbonyl (C=O) groups excluding carboxylic acids is 1. The van der Waals surface area contributed by atoms with Crippen LogP contribution in [0.15, 0.2) is 18.3 Å². The topological polar surface area (TPSA) is 86.2 Å². The minimum atomic E-state index is -0.653. The highest BCUT2D eigenvalue weighted by molar-refractivity contribution is 5.86. The van der Waals surface area contributed by atoms with Gasteiger partial charge in [-0.15, -0.1) is 0 Å². The van der Waals surface area contributed by atoms with Crippen molar-refractivity contribution in [3.05, 3.63) is 23.9 Å². The van der Waals surface area contributed by atoms with Crippen LogP contribution in [0.3, 0.4) is 0 Å². The maximum absolute atomic E-state index is 12.7. The molecule has 2 aliphatic rings. The van der Waals surface area contributed by atoms with Gasteiger partial charge in [0.1, 0.15) is 5.82 Å². The summed E-state index contributed by atoms with van der Waals surface area (Å²) < 4.78 is 0. The number of carbonyl (C=O) groups is 1. The van der Waals surface area contributed by atoms with Gasteiger partial charge < -0.3 is 15.5 Å². The van der Waals surface area contributed by atoms with E-state index in [9.17, 15) is 4.79 Å². The van der Waals surface area contributed by atoms with E-state index in [1.807, 2.05) is 4.90 Å². The number of aromatic nitrogens is 1. The number of nitrogens with zero attached hydrogens (tertiary/aromatic N) is 4. The Kier molecular flexibility index (Phi) is 4.49. The Hall–Kier alpha value is -2.13. The molecule has 0 radical (unpaired) electrons. The third-order valence-corrected chi connectivity index (χ3v) is 4.94. The van der Waals surface area contributed by atoms with Crippen LogP contribution < -0.4 is 10.6 Å². The number of anilines is 1. The van der Waals surface area contributed by atoms with Gasteiger partial charge in [-0.25, -0.2) is 4.98 Å². The summed E-state index contributed by atoms with van der Waals surface area (Å²) in [7, 11) is 0. The van der Waals surface area contributed by atoms with Crippen LogP contribution >= 0.6 is 0 Å². The molecule has 1 saturated heterocycles. The summed E-state index contributed by atoms with van der Waals surface area (Å²) in [6, 6.07) is 5.63. The zero-order valence-electron chi connectivity index (χ0n) is 13.4. The summed E-state index contributed by atoms with van der Waals surface area (Å²) in [6.45, 7) is 2.78. The van der Waals surface area contributed by atoms with Gasteiger partial charge in [0, 0.05) is 32.4 Å². The predicted molar refractivity (Wildman–Crippen MR) is 87.7 cm³/mol. The Bertz CT molecular complexity index is 610. The number of rotatable bonds is 2. The van der Waals surface area contributed by atoms with Gasteiger partial charge in [0.2, 0.25) is 5.91 Å². The minimum absolute atomic E-state index is 0.107. The number of hydrogen-bond donors (Lipinski definition) is 1. The van der Waals surface area contributed by atoms with Crippen molar-refractivity contribution in [1.82, 2.24) is 9.88 Å².